The summed E-state index contributed by atoms with van der Waals surface area (Å²) in [7, 11) is 0. The molecule has 0 aliphatic rings. The Morgan fingerprint density at radius 3 is 1.81 bits per heavy atom. The van der Waals surface area contributed by atoms with Crippen LogP contribution in [-0.2, 0) is 0 Å². The van der Waals surface area contributed by atoms with Gasteiger partial charge in [0.1, 0.15) is 0 Å². The van der Waals surface area contributed by atoms with Crippen molar-refractivity contribution in [1.29, 1.82) is 0 Å². The molecule has 0 aliphatic heterocycles. The molecule has 26 heavy (non-hydrogen) atoms. The first-order valence-corrected chi connectivity index (χ1v) is 8.74. The molecule has 0 fully saturated rings. The first-order valence-electron chi connectivity index (χ1n) is 8.74. The van der Waals surface area contributed by atoms with Crippen molar-refractivity contribution in [3.05, 3.63) is 89.2 Å². The molecule has 0 bridgehead atoms. The first kappa shape index (κ1) is 17.7. The van der Waals surface area contributed by atoms with Crippen LogP contribution in [0.3, 0.4) is 0 Å². The lowest BCUT2D eigenvalue weighted by atomic mass is 10.1. The third kappa shape index (κ3) is 3.94. The number of nitrogens with zero attached hydrogens (tertiary/aromatic N) is 3. The molecule has 130 valence electrons. The highest BCUT2D eigenvalue weighted by Gasteiger charge is 2.10. The van der Waals surface area contributed by atoms with Gasteiger partial charge in [-0.2, -0.15) is 0 Å². The van der Waals surface area contributed by atoms with Crippen molar-refractivity contribution in [1.82, 2.24) is 4.98 Å². The zero-order valence-corrected chi connectivity index (χ0v) is 15.7. The van der Waals surface area contributed by atoms with Gasteiger partial charge in [-0.05, 0) is 63.1 Å². The quantitative estimate of drug-likeness (QED) is 0.538. The fourth-order valence-electron chi connectivity index (χ4n) is 2.84. The first-order chi connectivity index (χ1) is 12.6. The minimum absolute atomic E-state index is 0.866. The van der Waals surface area contributed by atoms with Crippen LogP contribution in [0.1, 0.15) is 36.2 Å². The number of aliphatic imine (C=N–C) groups is 2. The summed E-state index contributed by atoms with van der Waals surface area (Å²) in [6.45, 7) is 8.16. The number of aromatic nitrogens is 1. The summed E-state index contributed by atoms with van der Waals surface area (Å²) in [6.07, 6.45) is 1.80. The molecular weight excluding hydrogens is 318 g/mol. The van der Waals surface area contributed by atoms with Crippen LogP contribution in [0, 0.1) is 13.8 Å². The van der Waals surface area contributed by atoms with Crippen LogP contribution in [0.2, 0.25) is 0 Å². The molecule has 3 aromatic rings. The smallest absolute Gasteiger partial charge is 0.0932 e. The Bertz CT molecular complexity index is 904. The monoisotopic (exact) mass is 341 g/mol. The van der Waals surface area contributed by atoms with Gasteiger partial charge in [0.05, 0.1) is 22.8 Å². The Morgan fingerprint density at radius 2 is 1.23 bits per heavy atom. The van der Waals surface area contributed by atoms with Gasteiger partial charge in [-0.1, -0.05) is 36.4 Å². The van der Waals surface area contributed by atoms with Crippen LogP contribution in [0.4, 0.5) is 11.4 Å². The van der Waals surface area contributed by atoms with E-state index in [1.807, 2.05) is 56.3 Å². The number of hydrogen-bond acceptors (Lipinski definition) is 3. The summed E-state index contributed by atoms with van der Waals surface area (Å²) in [4.78, 5) is 14.2. The SMILES string of the molecule is CC(=Nc1ccccc1C)c1cccnc1C(C)=Nc1ccccc1C. The van der Waals surface area contributed by atoms with Crippen molar-refractivity contribution in [3.8, 4) is 0 Å². The zero-order valence-electron chi connectivity index (χ0n) is 15.7. The second kappa shape index (κ2) is 7.87. The van der Waals surface area contributed by atoms with Crippen LogP contribution in [0.5, 0.6) is 0 Å². The highest BCUT2D eigenvalue weighted by atomic mass is 14.8. The second-order valence-electron chi connectivity index (χ2n) is 6.37. The normalized spacial score (nSPS) is 12.3. The van der Waals surface area contributed by atoms with Crippen molar-refractivity contribution in [2.24, 2.45) is 9.98 Å². The fraction of sp³-hybridized carbons (Fsp3) is 0.174. The molecule has 1 aromatic heterocycles. The molecule has 0 unspecified atom stereocenters. The van der Waals surface area contributed by atoms with E-state index in [0.717, 1.165) is 45.2 Å². The molecule has 3 heteroatoms. The van der Waals surface area contributed by atoms with E-state index in [2.05, 4.69) is 37.0 Å². The molecule has 3 rings (SSSR count). The van der Waals surface area contributed by atoms with E-state index in [4.69, 9.17) is 9.98 Å². The fourth-order valence-corrected chi connectivity index (χ4v) is 2.84. The van der Waals surface area contributed by atoms with E-state index >= 15 is 0 Å². The topological polar surface area (TPSA) is 37.6 Å². The van der Waals surface area contributed by atoms with Crippen molar-refractivity contribution >= 4 is 22.8 Å². The van der Waals surface area contributed by atoms with E-state index in [1.54, 1.807) is 6.20 Å². The number of para-hydroxylation sites is 2. The Hall–Kier alpha value is -3.07. The van der Waals surface area contributed by atoms with Crippen LogP contribution in [-0.4, -0.2) is 16.4 Å². The van der Waals surface area contributed by atoms with Crippen molar-refractivity contribution in [2.45, 2.75) is 27.7 Å². The van der Waals surface area contributed by atoms with Crippen LogP contribution in [0.25, 0.3) is 0 Å². The highest BCUT2D eigenvalue weighted by Crippen LogP contribution is 2.22. The predicted octanol–water partition coefficient (Wildman–Crippen LogP) is 5.98. The minimum Gasteiger partial charge on any atom is -0.254 e. The largest absolute Gasteiger partial charge is 0.254 e. The third-order valence-corrected chi connectivity index (χ3v) is 4.35. The van der Waals surface area contributed by atoms with Gasteiger partial charge in [0.15, 0.2) is 0 Å². The Labute approximate surface area is 155 Å². The number of benzene rings is 2. The number of rotatable bonds is 4. The maximum absolute atomic E-state index is 4.82. The summed E-state index contributed by atoms with van der Waals surface area (Å²) >= 11 is 0. The summed E-state index contributed by atoms with van der Waals surface area (Å²) in [6, 6.07) is 20.2. The molecule has 0 atom stereocenters. The Balaban J connectivity index is 2.04. The number of pyridine rings is 1. The summed E-state index contributed by atoms with van der Waals surface area (Å²) in [5.74, 6) is 0. The number of aryl methyl sites for hydroxylation is 2. The lowest BCUT2D eigenvalue weighted by Crippen LogP contribution is -2.08. The molecule has 0 N–H and O–H groups in total. The molecule has 3 nitrogen and oxygen atoms in total. The van der Waals surface area contributed by atoms with Crippen LogP contribution >= 0.6 is 0 Å². The van der Waals surface area contributed by atoms with Crippen LogP contribution < -0.4 is 0 Å². The zero-order chi connectivity index (χ0) is 18.5. The maximum Gasteiger partial charge on any atom is 0.0932 e. The number of hydrogen-bond donors (Lipinski definition) is 0. The average molecular weight is 341 g/mol. The van der Waals surface area contributed by atoms with E-state index in [1.165, 1.54) is 0 Å². The van der Waals surface area contributed by atoms with E-state index in [9.17, 15) is 0 Å². The molecular formula is C23H23N3. The molecule has 0 saturated heterocycles. The van der Waals surface area contributed by atoms with Gasteiger partial charge in [-0.25, -0.2) is 0 Å². The van der Waals surface area contributed by atoms with Gasteiger partial charge < -0.3 is 0 Å². The standard InChI is InChI=1S/C23H23N3/c1-16-10-5-7-13-21(16)25-18(3)20-12-9-15-24-23(20)19(4)26-22-14-8-6-11-17(22)2/h5-15H,1-4H3. The van der Waals surface area contributed by atoms with Gasteiger partial charge in [0.2, 0.25) is 0 Å². The summed E-state index contributed by atoms with van der Waals surface area (Å²) in [5.41, 5.74) is 7.94. The average Bonchev–Trinajstić information content (AvgIpc) is 2.65. The van der Waals surface area contributed by atoms with Crippen molar-refractivity contribution in [2.75, 3.05) is 0 Å². The molecule has 0 spiro atoms. The summed E-state index contributed by atoms with van der Waals surface area (Å²) in [5, 5.41) is 0. The van der Waals surface area contributed by atoms with Gasteiger partial charge in [0.25, 0.3) is 0 Å². The Morgan fingerprint density at radius 1 is 0.692 bits per heavy atom. The summed E-state index contributed by atoms with van der Waals surface area (Å²) < 4.78 is 0. The molecule has 1 heterocycles. The molecule has 2 aromatic carbocycles. The lowest BCUT2D eigenvalue weighted by molar-refractivity contribution is 1.25. The van der Waals surface area contributed by atoms with Crippen molar-refractivity contribution < 1.29 is 0 Å². The molecule has 0 amide bonds. The van der Waals surface area contributed by atoms with Crippen LogP contribution in [0.15, 0.2) is 76.8 Å². The van der Waals surface area contributed by atoms with Gasteiger partial charge in [-0.15, -0.1) is 0 Å². The predicted molar refractivity (Wildman–Crippen MR) is 110 cm³/mol. The van der Waals surface area contributed by atoms with Gasteiger partial charge in [-0.3, -0.25) is 15.0 Å². The van der Waals surface area contributed by atoms with E-state index in [-0.39, 0.29) is 0 Å². The molecule has 0 aliphatic carbocycles. The second-order valence-corrected chi connectivity index (χ2v) is 6.37. The molecule has 0 saturated carbocycles. The third-order valence-electron chi connectivity index (χ3n) is 4.35. The minimum atomic E-state index is 0.866. The van der Waals surface area contributed by atoms with Gasteiger partial charge in [0, 0.05) is 17.5 Å². The lowest BCUT2D eigenvalue weighted by Gasteiger charge is -2.10. The van der Waals surface area contributed by atoms with E-state index < -0.39 is 0 Å². The molecule has 0 radical (unpaired) electrons. The van der Waals surface area contributed by atoms with E-state index in [0.29, 0.717) is 0 Å². The maximum atomic E-state index is 4.82. The highest BCUT2D eigenvalue weighted by molar-refractivity contribution is 6.11. The van der Waals surface area contributed by atoms with Gasteiger partial charge >= 0.3 is 0 Å². The Kier molecular flexibility index (Phi) is 5.37. The van der Waals surface area contributed by atoms with Crippen molar-refractivity contribution in [3.63, 3.8) is 0 Å².